The second-order valence-electron chi connectivity index (χ2n) is 13.2. The summed E-state index contributed by atoms with van der Waals surface area (Å²) in [6.45, 7) is 22.2. The zero-order valence-electron chi connectivity index (χ0n) is 29.6. The van der Waals surface area contributed by atoms with Crippen LogP contribution in [-0.2, 0) is 0 Å². The summed E-state index contributed by atoms with van der Waals surface area (Å²) in [6, 6.07) is 32.3. The van der Waals surface area contributed by atoms with E-state index in [0.29, 0.717) is 11.8 Å². The highest BCUT2D eigenvalue weighted by Gasteiger charge is 2.14. The minimum atomic E-state index is 0.517. The Morgan fingerprint density at radius 2 is 1.26 bits per heavy atom. The molecule has 46 heavy (non-hydrogen) atoms. The van der Waals surface area contributed by atoms with E-state index >= 15 is 0 Å². The van der Waals surface area contributed by atoms with Crippen LogP contribution in [0.3, 0.4) is 0 Å². The van der Waals surface area contributed by atoms with Crippen molar-refractivity contribution in [3.8, 4) is 0 Å². The van der Waals surface area contributed by atoms with Gasteiger partial charge in [0.15, 0.2) is 0 Å². The van der Waals surface area contributed by atoms with Crippen LogP contribution in [0.15, 0.2) is 137 Å². The molecular weight excluding hydrogens is 555 g/mol. The molecule has 0 heterocycles. The predicted octanol–water partition coefficient (Wildman–Crippen LogP) is 13.2. The molecule has 0 radical (unpaired) electrons. The quantitative estimate of drug-likeness (QED) is 0.194. The van der Waals surface area contributed by atoms with Gasteiger partial charge in [-0.05, 0) is 109 Å². The lowest BCUT2D eigenvalue weighted by atomic mass is 9.87. The second kappa shape index (κ2) is 15.7. The minimum Gasteiger partial charge on any atom is -0.248 e. The molecule has 1 heteroatoms. The molecule has 4 aromatic rings. The standard InChI is InChI=1S/C24H26.C21H25N/c1-16(2)21-11-8-9-12-22(21)18(4)19(5)24-17(3)14-15-20-10-6-7-13-23(20)24;1-15(2)17(5)19-13-9-10-14-20(19)22-21(16(3)4)18-11-7-6-8-12-18/h6-16H,1-5H3;6-15H,1-5H3/b19-18+;19-17+,22-20?. The predicted molar refractivity (Wildman–Crippen MR) is 205 cm³/mol. The van der Waals surface area contributed by atoms with E-state index < -0.39 is 0 Å². The first-order valence-electron chi connectivity index (χ1n) is 16.6. The van der Waals surface area contributed by atoms with Crippen molar-refractivity contribution in [2.45, 2.75) is 75.2 Å². The van der Waals surface area contributed by atoms with Crippen LogP contribution in [0.25, 0.3) is 27.6 Å². The Labute approximate surface area is 278 Å². The maximum atomic E-state index is 4.99. The number of nitrogens with zero attached hydrogens (tertiary/aromatic N) is 1. The van der Waals surface area contributed by atoms with E-state index in [1.807, 2.05) is 6.07 Å². The summed E-state index contributed by atoms with van der Waals surface area (Å²) in [5, 5.41) is 2.65. The Kier molecular flexibility index (Phi) is 11.7. The lowest BCUT2D eigenvalue weighted by molar-refractivity contribution is 0.765. The first-order valence-corrected chi connectivity index (χ1v) is 16.6. The molecule has 1 aliphatic carbocycles. The van der Waals surface area contributed by atoms with Crippen molar-refractivity contribution >= 4 is 33.3 Å². The minimum absolute atomic E-state index is 0.517. The van der Waals surface area contributed by atoms with E-state index in [0.717, 1.165) is 11.4 Å². The molecule has 0 saturated carbocycles. The Balaban J connectivity index is 0.000000210. The normalized spacial score (nSPS) is 15.2. The number of rotatable bonds is 6. The molecule has 1 aliphatic rings. The molecule has 0 amide bonds. The van der Waals surface area contributed by atoms with Crippen LogP contribution >= 0.6 is 0 Å². The lowest BCUT2D eigenvalue weighted by Gasteiger charge is -2.18. The smallest absolute Gasteiger partial charge is 0.0709 e. The van der Waals surface area contributed by atoms with Gasteiger partial charge in [-0.1, -0.05) is 148 Å². The van der Waals surface area contributed by atoms with Crippen LogP contribution in [0.2, 0.25) is 0 Å². The van der Waals surface area contributed by atoms with Crippen molar-refractivity contribution in [3.63, 3.8) is 0 Å². The Morgan fingerprint density at radius 3 is 1.93 bits per heavy atom. The highest BCUT2D eigenvalue weighted by Crippen LogP contribution is 2.35. The molecule has 0 aromatic heterocycles. The number of allylic oxidation sites excluding steroid dienone is 9. The average molecular weight is 606 g/mol. The Morgan fingerprint density at radius 1 is 0.630 bits per heavy atom. The van der Waals surface area contributed by atoms with Gasteiger partial charge in [0.25, 0.3) is 0 Å². The van der Waals surface area contributed by atoms with E-state index in [9.17, 15) is 0 Å². The number of fused-ring (bicyclic) bond motifs is 1. The number of aryl methyl sites for hydroxylation is 1. The molecule has 0 aliphatic heterocycles. The monoisotopic (exact) mass is 605 g/mol. The van der Waals surface area contributed by atoms with Crippen LogP contribution in [-0.4, -0.2) is 5.71 Å². The molecule has 0 saturated heterocycles. The number of hydrogen-bond donors (Lipinski definition) is 0. The van der Waals surface area contributed by atoms with Crippen LogP contribution in [0.4, 0.5) is 0 Å². The molecule has 0 bridgehead atoms. The SMILES string of the molecule is C/C(=C(/C)c1c(C)ccc2ccccc12)c1ccccc1C(C)C.CC(C)=C(N=C1C=CC=C/C1=C(/C)C(C)C)c1ccccc1. The van der Waals surface area contributed by atoms with E-state index in [-0.39, 0.29) is 0 Å². The largest absolute Gasteiger partial charge is 0.248 e. The summed E-state index contributed by atoms with van der Waals surface area (Å²) in [6.07, 6.45) is 8.42. The van der Waals surface area contributed by atoms with Crippen molar-refractivity contribution in [1.82, 2.24) is 0 Å². The van der Waals surface area contributed by atoms with Gasteiger partial charge in [-0.15, -0.1) is 0 Å². The first kappa shape index (κ1) is 34.4. The summed E-state index contributed by atoms with van der Waals surface area (Å²) < 4.78 is 0. The first-order chi connectivity index (χ1) is 22.0. The molecule has 0 spiro atoms. The lowest BCUT2D eigenvalue weighted by Crippen LogP contribution is -2.06. The molecule has 1 nitrogen and oxygen atoms in total. The van der Waals surface area contributed by atoms with Gasteiger partial charge in [-0.2, -0.15) is 0 Å². The van der Waals surface area contributed by atoms with Gasteiger partial charge in [-0.3, -0.25) is 0 Å². The van der Waals surface area contributed by atoms with Crippen LogP contribution in [0, 0.1) is 12.8 Å². The summed E-state index contributed by atoms with van der Waals surface area (Å²) in [4.78, 5) is 4.99. The highest BCUT2D eigenvalue weighted by atomic mass is 14.8. The van der Waals surface area contributed by atoms with Crippen molar-refractivity contribution in [1.29, 1.82) is 0 Å². The maximum Gasteiger partial charge on any atom is 0.0709 e. The van der Waals surface area contributed by atoms with Crippen molar-refractivity contribution < 1.29 is 0 Å². The van der Waals surface area contributed by atoms with Crippen LogP contribution in [0.1, 0.15) is 96.0 Å². The van der Waals surface area contributed by atoms with Gasteiger partial charge >= 0.3 is 0 Å². The van der Waals surface area contributed by atoms with Gasteiger partial charge in [0, 0.05) is 5.56 Å². The fraction of sp³-hybridized carbons (Fsp3) is 0.267. The van der Waals surface area contributed by atoms with Gasteiger partial charge in [0.05, 0.1) is 11.4 Å². The van der Waals surface area contributed by atoms with Crippen LogP contribution < -0.4 is 0 Å². The molecule has 0 unspecified atom stereocenters. The van der Waals surface area contributed by atoms with E-state index in [4.69, 9.17) is 4.99 Å². The summed E-state index contributed by atoms with van der Waals surface area (Å²) in [5.41, 5.74) is 15.4. The Bertz CT molecular complexity index is 1860. The second-order valence-corrected chi connectivity index (χ2v) is 13.2. The number of hydrogen-bond acceptors (Lipinski definition) is 1. The van der Waals surface area contributed by atoms with E-state index in [1.54, 1.807) is 0 Å². The molecule has 0 fully saturated rings. The molecule has 5 rings (SSSR count). The molecule has 0 atom stereocenters. The van der Waals surface area contributed by atoms with Crippen molar-refractivity contribution in [3.05, 3.63) is 160 Å². The third-order valence-corrected chi connectivity index (χ3v) is 9.01. The summed E-state index contributed by atoms with van der Waals surface area (Å²) in [7, 11) is 0. The fourth-order valence-electron chi connectivity index (χ4n) is 6.01. The van der Waals surface area contributed by atoms with Crippen molar-refractivity contribution in [2.75, 3.05) is 0 Å². The van der Waals surface area contributed by atoms with Crippen LogP contribution in [0.5, 0.6) is 0 Å². The molecule has 4 aromatic carbocycles. The number of benzene rings is 4. The van der Waals surface area contributed by atoms with E-state index in [2.05, 4.69) is 178 Å². The molecule has 236 valence electrons. The maximum absolute atomic E-state index is 4.99. The van der Waals surface area contributed by atoms with Gasteiger partial charge in [-0.25, -0.2) is 4.99 Å². The third-order valence-electron chi connectivity index (χ3n) is 9.01. The summed E-state index contributed by atoms with van der Waals surface area (Å²) in [5.74, 6) is 1.04. The topological polar surface area (TPSA) is 12.4 Å². The molecule has 0 N–H and O–H groups in total. The zero-order chi connectivity index (χ0) is 33.4. The van der Waals surface area contributed by atoms with Crippen molar-refractivity contribution in [2.24, 2.45) is 10.9 Å². The average Bonchev–Trinajstić information content (AvgIpc) is 3.06. The van der Waals surface area contributed by atoms with E-state index in [1.165, 1.54) is 66.5 Å². The molecular formula is C45H51N. The Hall–Kier alpha value is -4.49. The fourth-order valence-corrected chi connectivity index (χ4v) is 6.01. The van der Waals surface area contributed by atoms with Gasteiger partial charge in [0.2, 0.25) is 0 Å². The summed E-state index contributed by atoms with van der Waals surface area (Å²) >= 11 is 0. The number of aliphatic imine (C=N–C) groups is 1. The third kappa shape index (κ3) is 8.01. The highest BCUT2D eigenvalue weighted by molar-refractivity contribution is 6.14. The zero-order valence-corrected chi connectivity index (χ0v) is 29.6. The van der Waals surface area contributed by atoms with Gasteiger partial charge < -0.3 is 0 Å². The van der Waals surface area contributed by atoms with Gasteiger partial charge in [0.1, 0.15) is 0 Å².